The van der Waals surface area contributed by atoms with Gasteiger partial charge in [-0.1, -0.05) is 0 Å². The van der Waals surface area contributed by atoms with Gasteiger partial charge in [-0.25, -0.2) is 19.9 Å². The number of carbonyl (C=O) groups excluding carboxylic acids is 1. The minimum atomic E-state index is -4.39. The summed E-state index contributed by atoms with van der Waals surface area (Å²) in [7, 11) is 1.83. The summed E-state index contributed by atoms with van der Waals surface area (Å²) in [5.41, 5.74) is 2.08. The number of aryl methyl sites for hydroxylation is 1. The van der Waals surface area contributed by atoms with Gasteiger partial charge in [0.2, 0.25) is 5.95 Å². The van der Waals surface area contributed by atoms with Crippen molar-refractivity contribution in [2.75, 3.05) is 5.32 Å². The van der Waals surface area contributed by atoms with E-state index in [4.69, 9.17) is 0 Å². The Kier molecular flexibility index (Phi) is 5.47. The van der Waals surface area contributed by atoms with Crippen molar-refractivity contribution in [3.05, 3.63) is 72.1 Å². The zero-order valence-electron chi connectivity index (χ0n) is 17.1. The van der Waals surface area contributed by atoms with E-state index < -0.39 is 17.8 Å². The number of halogens is 3. The molecule has 1 atom stereocenters. The van der Waals surface area contributed by atoms with E-state index in [1.54, 1.807) is 30.1 Å². The van der Waals surface area contributed by atoms with Crippen molar-refractivity contribution >= 4 is 28.6 Å². The number of rotatable bonds is 5. The highest BCUT2D eigenvalue weighted by atomic mass is 19.4. The second-order valence-electron chi connectivity index (χ2n) is 7.15. The van der Waals surface area contributed by atoms with Crippen LogP contribution in [0, 0.1) is 0 Å². The van der Waals surface area contributed by atoms with Crippen molar-refractivity contribution in [3.8, 4) is 0 Å². The molecule has 0 spiro atoms. The smallest absolute Gasteiger partial charge is 0.344 e. The van der Waals surface area contributed by atoms with Gasteiger partial charge in [0.25, 0.3) is 5.91 Å². The fourth-order valence-electron chi connectivity index (χ4n) is 3.01. The number of hydrogen-bond donors (Lipinski definition) is 2. The zero-order chi connectivity index (χ0) is 22.9. The quantitative estimate of drug-likeness (QED) is 0.486. The summed E-state index contributed by atoms with van der Waals surface area (Å²) >= 11 is 0. The molecule has 1 amide bonds. The first-order valence-corrected chi connectivity index (χ1v) is 9.55. The van der Waals surface area contributed by atoms with Gasteiger partial charge < -0.3 is 15.2 Å². The molecule has 164 valence electrons. The number of alkyl halides is 3. The van der Waals surface area contributed by atoms with Gasteiger partial charge in [0.15, 0.2) is 0 Å². The molecule has 0 saturated carbocycles. The number of nitrogens with one attached hydrogen (secondary N) is 2. The minimum absolute atomic E-state index is 0.218. The first kappa shape index (κ1) is 21.2. The van der Waals surface area contributed by atoms with Crippen molar-refractivity contribution in [1.29, 1.82) is 0 Å². The van der Waals surface area contributed by atoms with Gasteiger partial charge in [0.1, 0.15) is 11.2 Å². The van der Waals surface area contributed by atoms with E-state index in [-0.39, 0.29) is 17.5 Å². The second-order valence-corrected chi connectivity index (χ2v) is 7.15. The van der Waals surface area contributed by atoms with Crippen LogP contribution in [0.15, 0.2) is 55.2 Å². The van der Waals surface area contributed by atoms with Gasteiger partial charge in [-0.05, 0) is 37.3 Å². The van der Waals surface area contributed by atoms with E-state index in [1.807, 2.05) is 7.05 Å². The molecule has 3 heterocycles. The number of imidazole rings is 1. The fourth-order valence-corrected chi connectivity index (χ4v) is 3.01. The Morgan fingerprint density at radius 2 is 1.72 bits per heavy atom. The van der Waals surface area contributed by atoms with E-state index in [1.165, 1.54) is 24.5 Å². The van der Waals surface area contributed by atoms with Crippen molar-refractivity contribution < 1.29 is 18.0 Å². The van der Waals surface area contributed by atoms with Crippen LogP contribution in [0.2, 0.25) is 0 Å². The van der Waals surface area contributed by atoms with Gasteiger partial charge in [0.05, 0.1) is 29.6 Å². The van der Waals surface area contributed by atoms with Gasteiger partial charge in [-0.3, -0.25) is 4.79 Å². The molecule has 1 aromatic carbocycles. The van der Waals surface area contributed by atoms with Crippen molar-refractivity contribution in [1.82, 2.24) is 29.8 Å². The lowest BCUT2D eigenvalue weighted by molar-refractivity contribution is -0.137. The van der Waals surface area contributed by atoms with E-state index in [2.05, 4.69) is 30.6 Å². The van der Waals surface area contributed by atoms with Gasteiger partial charge in [-0.15, -0.1) is 0 Å². The molecule has 0 aliphatic heterocycles. The number of fused-ring (bicyclic) bond motifs is 1. The third kappa shape index (κ3) is 4.51. The summed E-state index contributed by atoms with van der Waals surface area (Å²) in [5.74, 6) is -0.136. The number of nitrogens with zero attached hydrogens (tertiary/aromatic N) is 5. The van der Waals surface area contributed by atoms with Crippen LogP contribution < -0.4 is 10.6 Å². The predicted molar refractivity (Wildman–Crippen MR) is 111 cm³/mol. The molecule has 11 heteroatoms. The third-order valence-electron chi connectivity index (χ3n) is 4.83. The molecule has 8 nitrogen and oxygen atoms in total. The molecular weight excluding hydrogens is 423 g/mol. The van der Waals surface area contributed by atoms with E-state index in [0.29, 0.717) is 16.8 Å². The molecule has 1 unspecified atom stereocenters. The first-order chi connectivity index (χ1) is 15.2. The Morgan fingerprint density at radius 3 is 2.38 bits per heavy atom. The molecule has 0 fully saturated rings. The number of hydrogen-bond acceptors (Lipinski definition) is 6. The topological polar surface area (TPSA) is 97.6 Å². The Balaban J connectivity index is 1.40. The number of amides is 1. The molecule has 3 aromatic heterocycles. The molecule has 32 heavy (non-hydrogen) atoms. The van der Waals surface area contributed by atoms with Crippen molar-refractivity contribution in [2.45, 2.75) is 19.1 Å². The molecule has 4 rings (SSSR count). The molecule has 0 aliphatic rings. The Hall–Kier alpha value is -4.02. The summed E-state index contributed by atoms with van der Waals surface area (Å²) in [6, 6.07) is 5.82. The summed E-state index contributed by atoms with van der Waals surface area (Å²) in [6.07, 6.45) is 1.86. The van der Waals surface area contributed by atoms with Crippen LogP contribution in [-0.2, 0) is 13.2 Å². The Labute approximate surface area is 180 Å². The molecule has 4 aromatic rings. The van der Waals surface area contributed by atoms with Crippen molar-refractivity contribution in [3.63, 3.8) is 0 Å². The summed E-state index contributed by atoms with van der Waals surface area (Å²) < 4.78 is 39.8. The van der Waals surface area contributed by atoms with Crippen LogP contribution in [-0.4, -0.2) is 30.4 Å². The van der Waals surface area contributed by atoms with Gasteiger partial charge in [0, 0.05) is 30.7 Å². The van der Waals surface area contributed by atoms with Crippen LogP contribution in [0.25, 0.3) is 11.0 Å². The summed E-state index contributed by atoms with van der Waals surface area (Å²) in [4.78, 5) is 29.2. The molecule has 0 aliphatic carbocycles. The monoisotopic (exact) mass is 441 g/mol. The average molecular weight is 441 g/mol. The maximum absolute atomic E-state index is 12.7. The highest BCUT2D eigenvalue weighted by molar-refractivity contribution is 5.95. The minimum Gasteiger partial charge on any atom is -0.344 e. The van der Waals surface area contributed by atoms with Crippen molar-refractivity contribution in [2.24, 2.45) is 7.05 Å². The number of carbonyl (C=O) groups is 1. The van der Waals surface area contributed by atoms with E-state index >= 15 is 0 Å². The molecule has 2 N–H and O–H groups in total. The predicted octanol–water partition coefficient (Wildman–Crippen LogP) is 4.01. The maximum atomic E-state index is 12.7. The van der Waals surface area contributed by atoms with Crippen LogP contribution in [0.1, 0.15) is 34.6 Å². The lowest BCUT2D eigenvalue weighted by Crippen LogP contribution is -2.27. The van der Waals surface area contributed by atoms with Crippen LogP contribution in [0.4, 0.5) is 24.8 Å². The molecular formula is C21H18F3N7O. The van der Waals surface area contributed by atoms with Gasteiger partial charge >= 0.3 is 6.18 Å². The number of anilines is 2. The van der Waals surface area contributed by atoms with Crippen LogP contribution in [0.3, 0.4) is 0 Å². The number of pyridine rings is 1. The molecule has 0 bridgehead atoms. The molecule has 0 saturated heterocycles. The first-order valence-electron chi connectivity index (χ1n) is 9.55. The summed E-state index contributed by atoms with van der Waals surface area (Å²) in [6.45, 7) is 1.78. The lowest BCUT2D eigenvalue weighted by Gasteiger charge is -2.14. The summed E-state index contributed by atoms with van der Waals surface area (Å²) in [5, 5.41) is 5.68. The number of aromatic nitrogens is 5. The highest BCUT2D eigenvalue weighted by Crippen LogP contribution is 2.30. The largest absolute Gasteiger partial charge is 0.416 e. The third-order valence-corrected chi connectivity index (χ3v) is 4.83. The number of benzene rings is 1. The van der Waals surface area contributed by atoms with Crippen LogP contribution >= 0.6 is 0 Å². The highest BCUT2D eigenvalue weighted by Gasteiger charge is 2.29. The average Bonchev–Trinajstić information content (AvgIpc) is 3.14. The zero-order valence-corrected chi connectivity index (χ0v) is 17.1. The Bertz CT molecular complexity index is 1250. The SMILES string of the molecule is CC(NC(=O)c1cc2c(cn1)ncn2C)c1cnc(Nc2ccc(C(F)(F)F)cc2)nc1. The van der Waals surface area contributed by atoms with Crippen LogP contribution in [0.5, 0.6) is 0 Å². The van der Waals surface area contributed by atoms with Gasteiger partial charge in [-0.2, -0.15) is 13.2 Å². The van der Waals surface area contributed by atoms with E-state index in [0.717, 1.165) is 17.6 Å². The maximum Gasteiger partial charge on any atom is 0.416 e. The second kappa shape index (κ2) is 8.25. The lowest BCUT2D eigenvalue weighted by atomic mass is 10.1. The normalized spacial score (nSPS) is 12.5. The molecule has 0 radical (unpaired) electrons. The Morgan fingerprint density at radius 1 is 1.03 bits per heavy atom. The van der Waals surface area contributed by atoms with E-state index in [9.17, 15) is 18.0 Å². The standard InChI is InChI=1S/C21H18F3N7O/c1-12(29-19(32)16-7-18-17(10-25-16)28-11-31(18)2)13-8-26-20(27-9-13)30-15-5-3-14(4-6-15)21(22,23)24/h3-12H,1-2H3,(H,29,32)(H,26,27,30). The fraction of sp³-hybridized carbons (Fsp3) is 0.190.